The van der Waals surface area contributed by atoms with Gasteiger partial charge in [-0.3, -0.25) is 4.57 Å². The summed E-state index contributed by atoms with van der Waals surface area (Å²) >= 11 is 0. The maximum absolute atomic E-state index is 14.1. The van der Waals surface area contributed by atoms with Crippen molar-refractivity contribution < 1.29 is 22.3 Å². The highest BCUT2D eigenvalue weighted by molar-refractivity contribution is 5.79. The number of halogens is 4. The van der Waals surface area contributed by atoms with Gasteiger partial charge in [0.1, 0.15) is 34.5 Å². The van der Waals surface area contributed by atoms with E-state index in [4.69, 9.17) is 0 Å². The molecule has 0 saturated carbocycles. The zero-order valence-corrected chi connectivity index (χ0v) is 15.9. The molecule has 0 aliphatic heterocycles. The van der Waals surface area contributed by atoms with Crippen molar-refractivity contribution in [2.45, 2.75) is 13.5 Å². The number of pyridine rings is 1. The molecule has 31 heavy (non-hydrogen) atoms. The number of anilines is 2. The molecule has 0 unspecified atom stereocenters. The molecule has 0 saturated heterocycles. The van der Waals surface area contributed by atoms with E-state index in [1.165, 1.54) is 41.0 Å². The summed E-state index contributed by atoms with van der Waals surface area (Å²) in [5, 5.41) is 12.4. The molecular formula is C21H13F4N5O. The second-order valence-corrected chi connectivity index (χ2v) is 6.49. The van der Waals surface area contributed by atoms with Crippen molar-refractivity contribution in [1.82, 2.24) is 14.5 Å². The third kappa shape index (κ3) is 4.11. The Balaban J connectivity index is 1.75. The fourth-order valence-corrected chi connectivity index (χ4v) is 3.14. The monoisotopic (exact) mass is 427 g/mol. The van der Waals surface area contributed by atoms with Gasteiger partial charge in [-0.15, -0.1) is 0 Å². The molecule has 1 N–H and O–H groups in total. The number of aromatic nitrogens is 3. The van der Waals surface area contributed by atoms with Crippen molar-refractivity contribution in [1.29, 1.82) is 5.26 Å². The molecule has 0 atom stereocenters. The van der Waals surface area contributed by atoms with Crippen molar-refractivity contribution in [3.63, 3.8) is 0 Å². The van der Waals surface area contributed by atoms with Crippen LogP contribution >= 0.6 is 0 Å². The summed E-state index contributed by atoms with van der Waals surface area (Å²) in [5.74, 6) is -0.755. The van der Waals surface area contributed by atoms with Crippen LogP contribution in [0.3, 0.4) is 0 Å². The fourth-order valence-electron chi connectivity index (χ4n) is 3.14. The number of rotatable bonds is 5. The molecule has 0 aliphatic rings. The van der Waals surface area contributed by atoms with Crippen molar-refractivity contribution in [2.75, 3.05) is 5.32 Å². The summed E-state index contributed by atoms with van der Waals surface area (Å²) < 4.78 is 58.3. The molecule has 0 fully saturated rings. The Hall–Kier alpha value is -4.13. The van der Waals surface area contributed by atoms with Crippen molar-refractivity contribution >= 4 is 22.5 Å². The maximum Gasteiger partial charge on any atom is 0.387 e. The molecule has 156 valence electrons. The second kappa shape index (κ2) is 7.95. The molecular weight excluding hydrogens is 414 g/mol. The highest BCUT2D eigenvalue weighted by atomic mass is 19.3. The SMILES string of the molecule is Cc1nc2c(F)cc(F)cc2n1-c1cc(C#N)cc(Nc2ccc(OC(F)F)cc2)n1. The van der Waals surface area contributed by atoms with E-state index in [0.29, 0.717) is 11.5 Å². The predicted molar refractivity (Wildman–Crippen MR) is 105 cm³/mol. The zero-order chi connectivity index (χ0) is 22.1. The van der Waals surface area contributed by atoms with Gasteiger partial charge in [0, 0.05) is 17.8 Å². The Labute approximate surface area is 173 Å². The van der Waals surface area contributed by atoms with Gasteiger partial charge >= 0.3 is 6.61 Å². The Morgan fingerprint density at radius 3 is 2.48 bits per heavy atom. The van der Waals surface area contributed by atoms with Crippen LogP contribution in [-0.2, 0) is 0 Å². The number of nitrogens with one attached hydrogen (secondary N) is 1. The highest BCUT2D eigenvalue weighted by Crippen LogP contribution is 2.26. The lowest BCUT2D eigenvalue weighted by atomic mass is 10.2. The zero-order valence-electron chi connectivity index (χ0n) is 15.9. The lowest BCUT2D eigenvalue weighted by molar-refractivity contribution is -0.0498. The standard InChI is InChI=1S/C21H13F4N5O/c1-11-27-20-16(23)8-13(22)9-17(20)30(11)19-7-12(10-26)6-18(29-19)28-14-2-4-15(5-3-14)31-21(24)25/h2-9,21H,1H3,(H,28,29). The van der Waals surface area contributed by atoms with Crippen molar-refractivity contribution in [2.24, 2.45) is 0 Å². The highest BCUT2D eigenvalue weighted by Gasteiger charge is 2.16. The van der Waals surface area contributed by atoms with Gasteiger partial charge in [0.2, 0.25) is 0 Å². The van der Waals surface area contributed by atoms with Gasteiger partial charge in [-0.2, -0.15) is 14.0 Å². The topological polar surface area (TPSA) is 75.8 Å². The first-order chi connectivity index (χ1) is 14.8. The number of hydrogen-bond acceptors (Lipinski definition) is 5. The minimum Gasteiger partial charge on any atom is -0.435 e. The van der Waals surface area contributed by atoms with Crippen LogP contribution in [0.4, 0.5) is 29.1 Å². The molecule has 0 amide bonds. The Morgan fingerprint density at radius 1 is 1.06 bits per heavy atom. The first-order valence-corrected chi connectivity index (χ1v) is 8.92. The Kier molecular flexibility index (Phi) is 5.17. The number of nitriles is 1. The van der Waals surface area contributed by atoms with Crippen LogP contribution < -0.4 is 10.1 Å². The van der Waals surface area contributed by atoms with Crippen LogP contribution in [0.1, 0.15) is 11.4 Å². The fraction of sp³-hybridized carbons (Fsp3) is 0.0952. The lowest BCUT2D eigenvalue weighted by Gasteiger charge is -2.11. The van der Waals surface area contributed by atoms with Gasteiger partial charge < -0.3 is 10.1 Å². The van der Waals surface area contributed by atoms with Crippen LogP contribution in [0.2, 0.25) is 0 Å². The molecule has 4 aromatic rings. The first kappa shape index (κ1) is 20.2. The van der Waals surface area contributed by atoms with Gasteiger partial charge in [0.15, 0.2) is 5.82 Å². The van der Waals surface area contributed by atoms with Crippen LogP contribution in [0.15, 0.2) is 48.5 Å². The molecule has 0 radical (unpaired) electrons. The molecule has 6 nitrogen and oxygen atoms in total. The van der Waals surface area contributed by atoms with Crippen molar-refractivity contribution in [3.8, 4) is 17.6 Å². The quantitative estimate of drug-likeness (QED) is 0.442. The summed E-state index contributed by atoms with van der Waals surface area (Å²) in [7, 11) is 0. The van der Waals surface area contributed by atoms with Crippen LogP contribution in [0, 0.1) is 29.9 Å². The Morgan fingerprint density at radius 2 is 1.81 bits per heavy atom. The number of fused-ring (bicyclic) bond motifs is 1. The van der Waals surface area contributed by atoms with E-state index in [1.54, 1.807) is 6.92 Å². The average molecular weight is 427 g/mol. The molecule has 0 spiro atoms. The normalized spacial score (nSPS) is 11.0. The number of hydrogen-bond donors (Lipinski definition) is 1. The molecule has 0 bridgehead atoms. The first-order valence-electron chi connectivity index (χ1n) is 8.92. The maximum atomic E-state index is 14.1. The summed E-state index contributed by atoms with van der Waals surface area (Å²) in [6, 6.07) is 12.5. The number of imidazole rings is 1. The summed E-state index contributed by atoms with van der Waals surface area (Å²) in [4.78, 5) is 8.56. The van der Waals surface area contributed by atoms with E-state index < -0.39 is 18.2 Å². The van der Waals surface area contributed by atoms with E-state index in [9.17, 15) is 22.8 Å². The van der Waals surface area contributed by atoms with E-state index >= 15 is 0 Å². The number of aryl methyl sites for hydroxylation is 1. The number of nitrogens with zero attached hydrogens (tertiary/aromatic N) is 4. The second-order valence-electron chi connectivity index (χ2n) is 6.49. The third-order valence-corrected chi connectivity index (χ3v) is 4.37. The largest absolute Gasteiger partial charge is 0.435 e. The summed E-state index contributed by atoms with van der Waals surface area (Å²) in [5.41, 5.74) is 0.881. The van der Waals surface area contributed by atoms with Crippen molar-refractivity contribution in [3.05, 3.63) is 71.6 Å². The number of ether oxygens (including phenoxy) is 1. The average Bonchev–Trinajstić information content (AvgIpc) is 3.05. The predicted octanol–water partition coefficient (Wildman–Crippen LogP) is 5.22. The molecule has 4 rings (SSSR count). The van der Waals surface area contributed by atoms with E-state index in [2.05, 4.69) is 20.0 Å². The van der Waals surface area contributed by atoms with Crippen LogP contribution in [0.5, 0.6) is 5.75 Å². The van der Waals surface area contributed by atoms with Gasteiger partial charge in [0.05, 0.1) is 17.1 Å². The summed E-state index contributed by atoms with van der Waals surface area (Å²) in [6.45, 7) is -1.33. The smallest absolute Gasteiger partial charge is 0.387 e. The number of benzene rings is 2. The van der Waals surface area contributed by atoms with E-state index in [-0.39, 0.29) is 34.0 Å². The molecule has 2 aromatic carbocycles. The summed E-state index contributed by atoms with van der Waals surface area (Å²) in [6.07, 6.45) is 0. The van der Waals surface area contributed by atoms with Crippen LogP contribution in [-0.4, -0.2) is 21.1 Å². The molecule has 2 heterocycles. The van der Waals surface area contributed by atoms with Gasteiger partial charge in [-0.1, -0.05) is 0 Å². The third-order valence-electron chi connectivity index (χ3n) is 4.37. The molecule has 10 heteroatoms. The van der Waals surface area contributed by atoms with Gasteiger partial charge in [-0.05, 0) is 43.3 Å². The van der Waals surface area contributed by atoms with Gasteiger partial charge in [-0.25, -0.2) is 18.7 Å². The van der Waals surface area contributed by atoms with E-state index in [0.717, 1.165) is 12.1 Å². The lowest BCUT2D eigenvalue weighted by Crippen LogP contribution is -2.04. The number of alkyl halides is 2. The van der Waals surface area contributed by atoms with E-state index in [1.807, 2.05) is 6.07 Å². The minimum atomic E-state index is -2.93. The minimum absolute atomic E-state index is 0.00969. The van der Waals surface area contributed by atoms with Gasteiger partial charge in [0.25, 0.3) is 0 Å². The molecule has 2 aromatic heterocycles. The molecule has 0 aliphatic carbocycles. The Bertz CT molecular complexity index is 1310. The van der Waals surface area contributed by atoms with Crippen LogP contribution in [0.25, 0.3) is 16.9 Å².